The Hall–Kier alpha value is -1.95. The predicted octanol–water partition coefficient (Wildman–Crippen LogP) is 2.50. The molecule has 0 saturated carbocycles. The van der Waals surface area contributed by atoms with Crippen molar-refractivity contribution in [1.82, 2.24) is 0 Å². The molecule has 0 N–H and O–H groups in total. The van der Waals surface area contributed by atoms with Gasteiger partial charge in [0.25, 0.3) is 5.69 Å². The lowest BCUT2D eigenvalue weighted by atomic mass is 10.1. The zero-order valence-electron chi connectivity index (χ0n) is 11.5. The summed E-state index contributed by atoms with van der Waals surface area (Å²) in [6, 6.07) is 5.97. The number of rotatable bonds is 9. The third kappa shape index (κ3) is 6.29. The highest BCUT2D eigenvalue weighted by atomic mass is 16.6. The van der Waals surface area contributed by atoms with Crippen LogP contribution in [0.25, 0.3) is 0 Å². The summed E-state index contributed by atoms with van der Waals surface area (Å²) in [6.07, 6.45) is 2.07. The van der Waals surface area contributed by atoms with Gasteiger partial charge in [0.2, 0.25) is 0 Å². The fourth-order valence-corrected chi connectivity index (χ4v) is 1.56. The van der Waals surface area contributed by atoms with Crippen molar-refractivity contribution in [1.29, 1.82) is 0 Å². The van der Waals surface area contributed by atoms with Gasteiger partial charge in [-0.3, -0.25) is 14.9 Å². The highest BCUT2D eigenvalue weighted by Crippen LogP contribution is 2.13. The minimum absolute atomic E-state index is 0.0244. The van der Waals surface area contributed by atoms with Crippen LogP contribution in [0.4, 0.5) is 5.69 Å². The molecule has 0 atom stereocenters. The second kappa shape index (κ2) is 9.03. The molecule has 0 heterocycles. The molecular formula is C14H19NO5. The molecule has 1 rings (SSSR count). The van der Waals surface area contributed by atoms with Gasteiger partial charge in [-0.2, -0.15) is 0 Å². The molecule has 0 aliphatic rings. The molecule has 0 radical (unpaired) electrons. The highest BCUT2D eigenvalue weighted by molar-refractivity contribution is 5.72. The topological polar surface area (TPSA) is 78.7 Å². The summed E-state index contributed by atoms with van der Waals surface area (Å²) in [4.78, 5) is 21.7. The van der Waals surface area contributed by atoms with Gasteiger partial charge in [-0.05, 0) is 12.0 Å². The van der Waals surface area contributed by atoms with Crippen LogP contribution in [0.1, 0.15) is 25.3 Å². The number of ether oxygens (including phenoxy) is 2. The molecule has 1 aromatic rings. The van der Waals surface area contributed by atoms with Gasteiger partial charge in [0.05, 0.1) is 18.0 Å². The Morgan fingerprint density at radius 1 is 1.30 bits per heavy atom. The van der Waals surface area contributed by atoms with Gasteiger partial charge < -0.3 is 9.47 Å². The van der Waals surface area contributed by atoms with Crippen LogP contribution in [-0.2, 0) is 20.7 Å². The summed E-state index contributed by atoms with van der Waals surface area (Å²) >= 11 is 0. The fourth-order valence-electron chi connectivity index (χ4n) is 1.56. The second-order valence-corrected chi connectivity index (χ2v) is 4.29. The molecule has 0 saturated heterocycles. The molecule has 0 spiro atoms. The first-order chi connectivity index (χ1) is 9.63. The van der Waals surface area contributed by atoms with E-state index in [4.69, 9.17) is 9.47 Å². The van der Waals surface area contributed by atoms with Crippen molar-refractivity contribution < 1.29 is 19.2 Å². The van der Waals surface area contributed by atoms with E-state index in [1.54, 1.807) is 12.1 Å². The molecular weight excluding hydrogens is 262 g/mol. The zero-order valence-corrected chi connectivity index (χ0v) is 11.5. The average Bonchev–Trinajstić information content (AvgIpc) is 2.43. The van der Waals surface area contributed by atoms with Gasteiger partial charge in [0, 0.05) is 18.7 Å². The van der Waals surface area contributed by atoms with Gasteiger partial charge in [0.1, 0.15) is 6.61 Å². The van der Waals surface area contributed by atoms with Gasteiger partial charge >= 0.3 is 5.97 Å². The van der Waals surface area contributed by atoms with Gasteiger partial charge in [0.15, 0.2) is 0 Å². The van der Waals surface area contributed by atoms with E-state index >= 15 is 0 Å². The third-order valence-electron chi connectivity index (χ3n) is 2.60. The number of benzene rings is 1. The minimum atomic E-state index is -0.490. The first-order valence-electron chi connectivity index (χ1n) is 6.60. The maximum Gasteiger partial charge on any atom is 0.310 e. The first kappa shape index (κ1) is 16.1. The summed E-state index contributed by atoms with van der Waals surface area (Å²) in [7, 11) is 0. The number of carbonyl (C=O) groups is 1. The second-order valence-electron chi connectivity index (χ2n) is 4.29. The molecule has 0 amide bonds. The Morgan fingerprint density at radius 2 is 2.10 bits per heavy atom. The van der Waals surface area contributed by atoms with Crippen LogP contribution in [0.2, 0.25) is 0 Å². The van der Waals surface area contributed by atoms with E-state index in [0.29, 0.717) is 18.8 Å². The molecule has 110 valence electrons. The number of nitrogens with zero attached hydrogens (tertiary/aromatic N) is 1. The van der Waals surface area contributed by atoms with E-state index in [-0.39, 0.29) is 18.7 Å². The number of hydrogen-bond acceptors (Lipinski definition) is 5. The van der Waals surface area contributed by atoms with Gasteiger partial charge in [-0.1, -0.05) is 25.5 Å². The van der Waals surface area contributed by atoms with Crippen molar-refractivity contribution in [3.05, 3.63) is 39.9 Å². The average molecular weight is 281 g/mol. The third-order valence-corrected chi connectivity index (χ3v) is 2.60. The van der Waals surface area contributed by atoms with Crippen molar-refractivity contribution >= 4 is 11.7 Å². The number of non-ortho nitro benzene ring substituents is 1. The lowest BCUT2D eigenvalue weighted by Gasteiger charge is -2.06. The number of unbranched alkanes of at least 4 members (excludes halogenated alkanes) is 1. The van der Waals surface area contributed by atoms with Crippen LogP contribution in [0.5, 0.6) is 0 Å². The van der Waals surface area contributed by atoms with E-state index < -0.39 is 10.9 Å². The molecule has 0 bridgehead atoms. The first-order valence-corrected chi connectivity index (χ1v) is 6.60. The maximum atomic E-state index is 11.5. The van der Waals surface area contributed by atoms with E-state index in [2.05, 4.69) is 6.92 Å². The zero-order chi connectivity index (χ0) is 14.8. The van der Waals surface area contributed by atoms with E-state index in [1.807, 2.05) is 0 Å². The smallest absolute Gasteiger partial charge is 0.310 e. The predicted molar refractivity (Wildman–Crippen MR) is 73.5 cm³/mol. The summed E-state index contributed by atoms with van der Waals surface area (Å²) < 4.78 is 10.3. The molecule has 0 unspecified atom stereocenters. The Bertz CT molecular complexity index is 447. The van der Waals surface area contributed by atoms with Crippen LogP contribution in [-0.4, -0.2) is 30.7 Å². The van der Waals surface area contributed by atoms with E-state index in [9.17, 15) is 14.9 Å². The number of esters is 1. The van der Waals surface area contributed by atoms with Crippen molar-refractivity contribution in [3.63, 3.8) is 0 Å². The molecule has 0 aromatic heterocycles. The summed E-state index contributed by atoms with van der Waals surface area (Å²) in [5.41, 5.74) is 0.536. The molecule has 6 heteroatoms. The highest BCUT2D eigenvalue weighted by Gasteiger charge is 2.09. The lowest BCUT2D eigenvalue weighted by Crippen LogP contribution is -2.13. The van der Waals surface area contributed by atoms with E-state index in [0.717, 1.165) is 12.8 Å². The number of nitro groups is 1. The Balaban J connectivity index is 2.28. The van der Waals surface area contributed by atoms with Crippen molar-refractivity contribution in [3.8, 4) is 0 Å². The number of nitro benzene ring substituents is 1. The van der Waals surface area contributed by atoms with Crippen LogP contribution >= 0.6 is 0 Å². The number of hydrogen-bond donors (Lipinski definition) is 0. The summed E-state index contributed by atoms with van der Waals surface area (Å²) in [5.74, 6) is -0.412. The van der Waals surface area contributed by atoms with Crippen molar-refractivity contribution in [2.24, 2.45) is 0 Å². The lowest BCUT2D eigenvalue weighted by molar-refractivity contribution is -0.384. The SMILES string of the molecule is CCCCOCCOC(=O)Cc1cccc([N+](=O)[O-])c1. The van der Waals surface area contributed by atoms with Crippen LogP contribution in [0.3, 0.4) is 0 Å². The Labute approximate surface area is 117 Å². The van der Waals surface area contributed by atoms with Gasteiger partial charge in [-0.15, -0.1) is 0 Å². The Morgan fingerprint density at radius 3 is 2.80 bits per heavy atom. The molecule has 0 aliphatic carbocycles. The molecule has 6 nitrogen and oxygen atoms in total. The molecule has 0 fully saturated rings. The summed E-state index contributed by atoms with van der Waals surface area (Å²) in [5, 5.41) is 10.6. The van der Waals surface area contributed by atoms with Crippen LogP contribution < -0.4 is 0 Å². The van der Waals surface area contributed by atoms with Crippen molar-refractivity contribution in [2.45, 2.75) is 26.2 Å². The molecule has 0 aliphatic heterocycles. The minimum Gasteiger partial charge on any atom is -0.463 e. The van der Waals surface area contributed by atoms with Crippen LogP contribution in [0.15, 0.2) is 24.3 Å². The quantitative estimate of drug-likeness (QED) is 0.301. The number of carbonyl (C=O) groups excluding carboxylic acids is 1. The maximum absolute atomic E-state index is 11.5. The Kier molecular flexibility index (Phi) is 7.27. The summed E-state index contributed by atoms with van der Waals surface area (Å²) in [6.45, 7) is 3.32. The van der Waals surface area contributed by atoms with Crippen molar-refractivity contribution in [2.75, 3.05) is 19.8 Å². The standard InChI is InChI=1S/C14H19NO5/c1-2-3-7-19-8-9-20-14(16)11-12-5-4-6-13(10-12)15(17)18/h4-6,10H,2-3,7-9,11H2,1H3. The largest absolute Gasteiger partial charge is 0.463 e. The van der Waals surface area contributed by atoms with Crippen LogP contribution in [0, 0.1) is 10.1 Å². The molecule has 1 aromatic carbocycles. The van der Waals surface area contributed by atoms with Gasteiger partial charge in [-0.25, -0.2) is 0 Å². The monoisotopic (exact) mass is 281 g/mol. The normalized spacial score (nSPS) is 10.2. The molecule has 20 heavy (non-hydrogen) atoms. The van der Waals surface area contributed by atoms with E-state index in [1.165, 1.54) is 12.1 Å². The fraction of sp³-hybridized carbons (Fsp3) is 0.500.